The normalized spacial score (nSPS) is 15.9. The van der Waals surface area contributed by atoms with Crippen molar-refractivity contribution in [1.29, 1.82) is 0 Å². The number of nitrogens with one attached hydrogen (secondary N) is 3. The number of hydrogen-bond donors (Lipinski definition) is 3. The molecule has 2 aromatic carbocycles. The Morgan fingerprint density at radius 1 is 1.12 bits per heavy atom. The van der Waals surface area contributed by atoms with Crippen LogP contribution in [0.2, 0.25) is 0 Å². The lowest BCUT2D eigenvalue weighted by Crippen LogP contribution is -2.45. The van der Waals surface area contributed by atoms with Gasteiger partial charge in [-0.05, 0) is 24.1 Å². The lowest BCUT2D eigenvalue weighted by Gasteiger charge is -2.21. The van der Waals surface area contributed by atoms with E-state index in [0.29, 0.717) is 17.7 Å². The molecule has 3 aromatic rings. The Morgan fingerprint density at radius 3 is 2.55 bits per heavy atom. The predicted molar refractivity (Wildman–Crippen MR) is 107 cm³/mol. The van der Waals surface area contributed by atoms with Crippen LogP contribution in [0.25, 0.3) is 10.9 Å². The first-order valence-electron chi connectivity index (χ1n) is 9.64. The van der Waals surface area contributed by atoms with Gasteiger partial charge in [0.2, 0.25) is 5.91 Å². The molecule has 1 aliphatic heterocycles. The van der Waals surface area contributed by atoms with Crippen LogP contribution in [0.15, 0.2) is 35.1 Å². The minimum Gasteiger partial charge on any atom is -0.334 e. The van der Waals surface area contributed by atoms with Gasteiger partial charge in [0.25, 0.3) is 11.5 Å². The van der Waals surface area contributed by atoms with Crippen molar-refractivity contribution in [2.24, 2.45) is 0 Å². The molecular formula is C20H15F3N6O4. The third-order valence-corrected chi connectivity index (χ3v) is 4.95. The predicted octanol–water partition coefficient (Wildman–Crippen LogP) is 1.51. The molecule has 3 N–H and O–H groups in total. The Bertz CT molecular complexity index is 1340. The Kier molecular flexibility index (Phi) is 5.77. The van der Waals surface area contributed by atoms with Crippen LogP contribution < -0.4 is 21.5 Å². The summed E-state index contributed by atoms with van der Waals surface area (Å²) < 4.78 is 40.4. The number of rotatable bonds is 4. The van der Waals surface area contributed by atoms with E-state index in [9.17, 15) is 32.3 Å². The smallest absolute Gasteiger partial charge is 0.319 e. The van der Waals surface area contributed by atoms with E-state index in [1.807, 2.05) is 0 Å². The second kappa shape index (κ2) is 8.68. The Morgan fingerprint density at radius 2 is 1.85 bits per heavy atom. The van der Waals surface area contributed by atoms with Gasteiger partial charge in [-0.25, -0.2) is 18.0 Å². The summed E-state index contributed by atoms with van der Waals surface area (Å²) in [4.78, 5) is 48.0. The highest BCUT2D eigenvalue weighted by Crippen LogP contribution is 2.18. The molecule has 1 aliphatic rings. The maximum Gasteiger partial charge on any atom is 0.319 e. The molecule has 0 radical (unpaired) electrons. The van der Waals surface area contributed by atoms with Crippen LogP contribution in [-0.4, -0.2) is 32.8 Å². The zero-order chi connectivity index (χ0) is 23.7. The highest BCUT2D eigenvalue weighted by Gasteiger charge is 2.30. The summed E-state index contributed by atoms with van der Waals surface area (Å²) in [5.41, 5.74) is -0.0955. The van der Waals surface area contributed by atoms with Gasteiger partial charge >= 0.3 is 6.03 Å². The van der Waals surface area contributed by atoms with Gasteiger partial charge in [-0.15, -0.1) is 5.10 Å². The minimum absolute atomic E-state index is 0.0359. The molecule has 1 fully saturated rings. The fourth-order valence-corrected chi connectivity index (χ4v) is 3.32. The molecule has 1 atom stereocenters. The molecule has 0 bridgehead atoms. The van der Waals surface area contributed by atoms with Crippen molar-refractivity contribution in [2.45, 2.75) is 25.4 Å². The Balaban J connectivity index is 1.46. The van der Waals surface area contributed by atoms with Crippen LogP contribution in [0.5, 0.6) is 0 Å². The lowest BCUT2D eigenvalue weighted by atomic mass is 10.1. The van der Waals surface area contributed by atoms with Crippen LogP contribution in [-0.2, 0) is 16.1 Å². The van der Waals surface area contributed by atoms with E-state index in [1.54, 1.807) is 0 Å². The molecule has 13 heteroatoms. The van der Waals surface area contributed by atoms with Crippen molar-refractivity contribution in [3.05, 3.63) is 63.7 Å². The number of piperidine rings is 1. The van der Waals surface area contributed by atoms with Crippen molar-refractivity contribution in [3.8, 4) is 0 Å². The summed E-state index contributed by atoms with van der Waals surface area (Å²) in [5.74, 6) is -5.58. The number of hydrogen-bond acceptors (Lipinski definition) is 6. The van der Waals surface area contributed by atoms with Crippen LogP contribution in [0.4, 0.5) is 23.7 Å². The fraction of sp³-hybridized carbons (Fsp3) is 0.200. The number of urea groups is 1. The van der Waals surface area contributed by atoms with E-state index in [2.05, 4.69) is 26.3 Å². The number of nitrogens with zero attached hydrogens (tertiary/aromatic N) is 3. The van der Waals surface area contributed by atoms with Crippen LogP contribution in [0.1, 0.15) is 24.4 Å². The average Bonchev–Trinajstić information content (AvgIpc) is 2.77. The summed E-state index contributed by atoms with van der Waals surface area (Å²) in [5, 5.41) is 14.7. The Hall–Kier alpha value is -4.29. The van der Waals surface area contributed by atoms with Gasteiger partial charge in [0.15, 0.2) is 17.5 Å². The molecule has 0 saturated carbocycles. The average molecular weight is 460 g/mol. The fourth-order valence-electron chi connectivity index (χ4n) is 3.32. The number of imide groups is 1. The number of carbonyl (C=O) groups is 3. The highest BCUT2D eigenvalue weighted by atomic mass is 19.2. The highest BCUT2D eigenvalue weighted by molar-refractivity contribution is 5.99. The van der Waals surface area contributed by atoms with Gasteiger partial charge in [-0.1, -0.05) is 11.3 Å². The molecule has 2 heterocycles. The number of aromatic nitrogens is 3. The molecule has 10 nitrogen and oxygen atoms in total. The molecular weight excluding hydrogens is 445 g/mol. The zero-order valence-electron chi connectivity index (χ0n) is 16.7. The van der Waals surface area contributed by atoms with Crippen LogP contribution in [0.3, 0.4) is 0 Å². The third kappa shape index (κ3) is 4.51. The molecule has 0 spiro atoms. The van der Waals surface area contributed by atoms with E-state index >= 15 is 0 Å². The first-order valence-corrected chi connectivity index (χ1v) is 9.64. The molecule has 4 amide bonds. The first kappa shape index (κ1) is 21.9. The van der Waals surface area contributed by atoms with Gasteiger partial charge in [0.1, 0.15) is 11.6 Å². The minimum atomic E-state index is -1.64. The number of halogens is 3. The monoisotopic (exact) mass is 460 g/mol. The molecule has 33 heavy (non-hydrogen) atoms. The summed E-state index contributed by atoms with van der Waals surface area (Å²) in [6.45, 7) is -0.0359. The van der Waals surface area contributed by atoms with E-state index < -0.39 is 46.9 Å². The third-order valence-electron chi connectivity index (χ3n) is 4.95. The first-order chi connectivity index (χ1) is 15.7. The van der Waals surface area contributed by atoms with Crippen LogP contribution >= 0.6 is 0 Å². The second-order valence-electron chi connectivity index (χ2n) is 7.22. The van der Waals surface area contributed by atoms with Crippen LogP contribution in [0, 0.1) is 17.5 Å². The molecule has 1 aromatic heterocycles. The quantitative estimate of drug-likeness (QED) is 0.399. The topological polar surface area (TPSA) is 135 Å². The summed E-state index contributed by atoms with van der Waals surface area (Å²) >= 11 is 0. The van der Waals surface area contributed by atoms with Crippen molar-refractivity contribution in [2.75, 3.05) is 5.32 Å². The number of carbonyl (C=O) groups excluding carboxylic acids is 3. The van der Waals surface area contributed by atoms with Crippen molar-refractivity contribution >= 4 is 34.4 Å². The Labute approximate surface area is 182 Å². The van der Waals surface area contributed by atoms with Gasteiger partial charge in [0.05, 0.1) is 5.39 Å². The summed E-state index contributed by atoms with van der Waals surface area (Å²) in [7, 11) is 0. The maximum absolute atomic E-state index is 13.2. The molecule has 4 rings (SSSR count). The van der Waals surface area contributed by atoms with E-state index in [1.165, 1.54) is 18.2 Å². The van der Waals surface area contributed by atoms with Crippen molar-refractivity contribution < 1.29 is 27.6 Å². The summed E-state index contributed by atoms with van der Waals surface area (Å²) in [6, 6.07) is 4.01. The number of benzene rings is 2. The maximum atomic E-state index is 13.2. The standard InChI is InChI=1S/C20H15F3N6O4/c21-12-6-10(7-13(22)17(12)23)25-20(33)24-8-9-1-2-11-14(5-9)27-28-29(19(11)32)15-3-4-16(30)26-18(15)31/h1-2,5-7,15H,3-4,8H2,(H2,24,25,33)(H,26,30,31). The van der Waals surface area contributed by atoms with Crippen molar-refractivity contribution in [1.82, 2.24) is 25.6 Å². The van der Waals surface area contributed by atoms with Crippen molar-refractivity contribution in [3.63, 3.8) is 0 Å². The van der Waals surface area contributed by atoms with E-state index in [0.717, 1.165) is 4.68 Å². The molecule has 1 unspecified atom stereocenters. The largest absolute Gasteiger partial charge is 0.334 e. The van der Waals surface area contributed by atoms with Gasteiger partial charge in [-0.3, -0.25) is 19.7 Å². The SMILES string of the molecule is O=C1CCC(n2nnc3cc(CNC(=O)Nc4cc(F)c(F)c(F)c4)ccc3c2=O)C(=O)N1. The second-order valence-corrected chi connectivity index (χ2v) is 7.22. The molecule has 170 valence electrons. The number of fused-ring (bicyclic) bond motifs is 1. The molecule has 0 aliphatic carbocycles. The molecule has 1 saturated heterocycles. The summed E-state index contributed by atoms with van der Waals surface area (Å²) in [6.07, 6.45) is 0.205. The number of anilines is 1. The van der Waals surface area contributed by atoms with E-state index in [-0.39, 0.29) is 36.0 Å². The van der Waals surface area contributed by atoms with E-state index in [4.69, 9.17) is 0 Å². The van der Waals surface area contributed by atoms with Gasteiger partial charge < -0.3 is 10.6 Å². The van der Waals surface area contributed by atoms with Gasteiger partial charge in [0, 0.05) is 30.8 Å². The number of amides is 4. The lowest BCUT2D eigenvalue weighted by molar-refractivity contribution is -0.136. The van der Waals surface area contributed by atoms with Gasteiger partial charge in [-0.2, -0.15) is 4.68 Å². The zero-order valence-corrected chi connectivity index (χ0v) is 16.7.